The van der Waals surface area contributed by atoms with Crippen LogP contribution >= 0.6 is 15.9 Å². The Labute approximate surface area is 131 Å². The number of aryl methyl sites for hydroxylation is 1. The van der Waals surface area contributed by atoms with Crippen LogP contribution in [0.5, 0.6) is 5.75 Å². The fraction of sp³-hybridized carbons (Fsp3) is 0.312. The fourth-order valence-electron chi connectivity index (χ4n) is 2.58. The molecule has 21 heavy (non-hydrogen) atoms. The highest BCUT2D eigenvalue weighted by Gasteiger charge is 2.20. The van der Waals surface area contributed by atoms with Crippen LogP contribution in [0.3, 0.4) is 0 Å². The maximum absolute atomic E-state index is 11.5. The first-order chi connectivity index (χ1) is 10.1. The third kappa shape index (κ3) is 3.13. The molecule has 5 heteroatoms. The zero-order chi connectivity index (χ0) is 14.8. The SMILES string of the molecule is Cn1cc(NC2CCCOc3cc(Br)ccc32)ccc1=O. The van der Waals surface area contributed by atoms with Crippen molar-refractivity contribution >= 4 is 21.6 Å². The number of benzene rings is 1. The van der Waals surface area contributed by atoms with Crippen molar-refractivity contribution in [2.45, 2.75) is 18.9 Å². The molecule has 3 rings (SSSR count). The summed E-state index contributed by atoms with van der Waals surface area (Å²) in [6.07, 6.45) is 3.82. The molecule has 1 unspecified atom stereocenters. The molecule has 4 nitrogen and oxygen atoms in total. The van der Waals surface area contributed by atoms with Gasteiger partial charge in [0.1, 0.15) is 5.75 Å². The van der Waals surface area contributed by atoms with Crippen molar-refractivity contribution in [2.75, 3.05) is 11.9 Å². The molecule has 1 aromatic heterocycles. The minimum absolute atomic E-state index is 0.00548. The summed E-state index contributed by atoms with van der Waals surface area (Å²) in [5.74, 6) is 0.921. The number of halogens is 1. The van der Waals surface area contributed by atoms with E-state index in [0.29, 0.717) is 0 Å². The number of hydrogen-bond donors (Lipinski definition) is 1. The van der Waals surface area contributed by atoms with Crippen LogP contribution in [0.4, 0.5) is 5.69 Å². The van der Waals surface area contributed by atoms with E-state index in [2.05, 4.69) is 27.3 Å². The molecule has 2 heterocycles. The van der Waals surface area contributed by atoms with E-state index in [4.69, 9.17) is 4.74 Å². The standard InChI is InChI=1S/C16H17BrN2O2/c1-19-10-12(5-7-16(19)20)18-14-3-2-8-21-15-9-11(17)4-6-13(14)15/h4-7,9-10,14,18H,2-3,8H2,1H3. The summed E-state index contributed by atoms with van der Waals surface area (Å²) in [4.78, 5) is 11.5. The van der Waals surface area contributed by atoms with Gasteiger partial charge in [-0.15, -0.1) is 0 Å². The van der Waals surface area contributed by atoms with E-state index in [0.717, 1.165) is 40.9 Å². The third-order valence-electron chi connectivity index (χ3n) is 3.67. The minimum atomic E-state index is -0.00548. The van der Waals surface area contributed by atoms with Crippen LogP contribution in [-0.4, -0.2) is 11.2 Å². The molecule has 1 atom stereocenters. The van der Waals surface area contributed by atoms with Crippen molar-refractivity contribution in [1.29, 1.82) is 0 Å². The first-order valence-corrected chi connectivity index (χ1v) is 7.78. The maximum atomic E-state index is 11.5. The number of ether oxygens (including phenoxy) is 1. The highest BCUT2D eigenvalue weighted by molar-refractivity contribution is 9.10. The van der Waals surface area contributed by atoms with Gasteiger partial charge in [0.2, 0.25) is 5.56 Å². The molecule has 0 fully saturated rings. The quantitative estimate of drug-likeness (QED) is 0.903. The first kappa shape index (κ1) is 14.2. The molecule has 0 radical (unpaired) electrons. The molecule has 1 aromatic carbocycles. The summed E-state index contributed by atoms with van der Waals surface area (Å²) < 4.78 is 8.41. The van der Waals surface area contributed by atoms with E-state index in [1.54, 1.807) is 17.7 Å². The van der Waals surface area contributed by atoms with Crippen molar-refractivity contribution in [3.05, 3.63) is 56.9 Å². The number of nitrogens with one attached hydrogen (secondary N) is 1. The van der Waals surface area contributed by atoms with E-state index in [-0.39, 0.29) is 11.6 Å². The number of hydrogen-bond acceptors (Lipinski definition) is 3. The molecule has 0 saturated carbocycles. The molecular formula is C16H17BrN2O2. The van der Waals surface area contributed by atoms with Gasteiger partial charge >= 0.3 is 0 Å². The molecule has 1 aliphatic heterocycles. The molecule has 0 spiro atoms. The second-order valence-corrected chi connectivity index (χ2v) is 6.15. The Morgan fingerprint density at radius 3 is 3.00 bits per heavy atom. The second-order valence-electron chi connectivity index (χ2n) is 5.24. The van der Waals surface area contributed by atoms with Gasteiger partial charge in [-0.1, -0.05) is 22.0 Å². The van der Waals surface area contributed by atoms with Gasteiger partial charge in [0.25, 0.3) is 0 Å². The average molecular weight is 349 g/mol. The highest BCUT2D eigenvalue weighted by Crippen LogP contribution is 2.35. The van der Waals surface area contributed by atoms with Crippen molar-refractivity contribution in [3.8, 4) is 5.75 Å². The smallest absolute Gasteiger partial charge is 0.250 e. The van der Waals surface area contributed by atoms with Gasteiger partial charge < -0.3 is 14.6 Å². The second kappa shape index (κ2) is 5.93. The largest absolute Gasteiger partial charge is 0.493 e. The topological polar surface area (TPSA) is 43.3 Å². The van der Waals surface area contributed by atoms with Gasteiger partial charge in [-0.05, 0) is 31.0 Å². The van der Waals surface area contributed by atoms with Crippen LogP contribution in [0.2, 0.25) is 0 Å². The van der Waals surface area contributed by atoms with Crippen molar-refractivity contribution in [1.82, 2.24) is 4.57 Å². The molecule has 0 aliphatic carbocycles. The van der Waals surface area contributed by atoms with Crippen LogP contribution in [-0.2, 0) is 7.05 Å². The lowest BCUT2D eigenvalue weighted by molar-refractivity contribution is 0.316. The molecule has 0 saturated heterocycles. The van der Waals surface area contributed by atoms with Crippen LogP contribution in [0.25, 0.3) is 0 Å². The van der Waals surface area contributed by atoms with Gasteiger partial charge in [0.05, 0.1) is 18.3 Å². The molecular weight excluding hydrogens is 332 g/mol. The van der Waals surface area contributed by atoms with Crippen molar-refractivity contribution in [3.63, 3.8) is 0 Å². The van der Waals surface area contributed by atoms with Crippen LogP contribution in [0.15, 0.2) is 45.8 Å². The van der Waals surface area contributed by atoms with Crippen LogP contribution < -0.4 is 15.6 Å². The Hall–Kier alpha value is -1.75. The Morgan fingerprint density at radius 2 is 2.19 bits per heavy atom. The third-order valence-corrected chi connectivity index (χ3v) is 4.17. The van der Waals surface area contributed by atoms with E-state index in [1.165, 1.54) is 0 Å². The average Bonchev–Trinajstić information content (AvgIpc) is 2.65. The molecule has 2 aromatic rings. The first-order valence-electron chi connectivity index (χ1n) is 6.99. The normalized spacial score (nSPS) is 17.5. The lowest BCUT2D eigenvalue weighted by Gasteiger charge is -2.20. The van der Waals surface area contributed by atoms with E-state index in [1.807, 2.05) is 24.4 Å². The van der Waals surface area contributed by atoms with E-state index < -0.39 is 0 Å². The lowest BCUT2D eigenvalue weighted by atomic mass is 10.0. The molecule has 110 valence electrons. The summed E-state index contributed by atoms with van der Waals surface area (Å²) in [6.45, 7) is 0.731. The number of pyridine rings is 1. The predicted molar refractivity (Wildman–Crippen MR) is 86.9 cm³/mol. The van der Waals surface area contributed by atoms with Crippen molar-refractivity contribution < 1.29 is 4.74 Å². The van der Waals surface area contributed by atoms with Gasteiger partial charge in [0, 0.05) is 29.3 Å². The van der Waals surface area contributed by atoms with E-state index in [9.17, 15) is 4.79 Å². The van der Waals surface area contributed by atoms with Gasteiger partial charge in [0.15, 0.2) is 0 Å². The number of aromatic nitrogens is 1. The number of anilines is 1. The molecule has 0 amide bonds. The van der Waals surface area contributed by atoms with Gasteiger partial charge in [-0.2, -0.15) is 0 Å². The minimum Gasteiger partial charge on any atom is -0.493 e. The van der Waals surface area contributed by atoms with Gasteiger partial charge in [-0.3, -0.25) is 4.79 Å². The van der Waals surface area contributed by atoms with E-state index >= 15 is 0 Å². The van der Waals surface area contributed by atoms with Crippen LogP contribution in [0.1, 0.15) is 24.4 Å². The highest BCUT2D eigenvalue weighted by atomic mass is 79.9. The zero-order valence-corrected chi connectivity index (χ0v) is 13.4. The molecule has 1 N–H and O–H groups in total. The summed E-state index contributed by atoms with van der Waals surface area (Å²) in [5.41, 5.74) is 2.09. The Morgan fingerprint density at radius 1 is 1.33 bits per heavy atom. The summed E-state index contributed by atoms with van der Waals surface area (Å²) in [6, 6.07) is 9.72. The number of fused-ring (bicyclic) bond motifs is 1. The fourth-order valence-corrected chi connectivity index (χ4v) is 2.92. The number of rotatable bonds is 2. The zero-order valence-electron chi connectivity index (χ0n) is 11.8. The number of nitrogens with zero attached hydrogens (tertiary/aromatic N) is 1. The lowest BCUT2D eigenvalue weighted by Crippen LogP contribution is -2.17. The summed E-state index contributed by atoms with van der Waals surface area (Å²) in [5, 5.41) is 3.51. The molecule has 0 bridgehead atoms. The monoisotopic (exact) mass is 348 g/mol. The predicted octanol–water partition coefficient (Wildman–Crippen LogP) is 3.47. The Balaban J connectivity index is 1.91. The summed E-state index contributed by atoms with van der Waals surface area (Å²) in [7, 11) is 1.76. The Kier molecular flexibility index (Phi) is 4.01. The Bertz CT molecular complexity index is 712. The van der Waals surface area contributed by atoms with Crippen molar-refractivity contribution in [2.24, 2.45) is 7.05 Å². The summed E-state index contributed by atoms with van der Waals surface area (Å²) >= 11 is 3.48. The maximum Gasteiger partial charge on any atom is 0.250 e. The van der Waals surface area contributed by atoms with Gasteiger partial charge in [-0.25, -0.2) is 0 Å². The molecule has 1 aliphatic rings. The van der Waals surface area contributed by atoms with Crippen LogP contribution in [0, 0.1) is 0 Å².